The summed E-state index contributed by atoms with van der Waals surface area (Å²) in [7, 11) is 0. The minimum Gasteiger partial charge on any atom is -0.326 e. The summed E-state index contributed by atoms with van der Waals surface area (Å²) < 4.78 is 0. The molecule has 16 heavy (non-hydrogen) atoms. The number of rotatable bonds is 4. The van der Waals surface area contributed by atoms with Crippen molar-refractivity contribution in [1.82, 2.24) is 0 Å². The van der Waals surface area contributed by atoms with E-state index in [1.165, 1.54) is 6.92 Å². The average Bonchev–Trinajstić information content (AvgIpc) is 2.28. The van der Waals surface area contributed by atoms with Crippen molar-refractivity contribution in [2.45, 2.75) is 27.2 Å². The second kappa shape index (κ2) is 5.45. The van der Waals surface area contributed by atoms with Crippen molar-refractivity contribution in [3.63, 3.8) is 0 Å². The Balaban J connectivity index is 2.69. The highest BCUT2D eigenvalue weighted by molar-refractivity contribution is 5.96. The first kappa shape index (κ1) is 12.4. The number of anilines is 1. The summed E-state index contributed by atoms with van der Waals surface area (Å²) in [5, 5.41) is 2.81. The minimum atomic E-state index is 0.00693. The Labute approximate surface area is 95.9 Å². The van der Waals surface area contributed by atoms with Crippen LogP contribution in [-0.2, 0) is 4.79 Å². The third-order valence-electron chi connectivity index (χ3n) is 2.62. The standard InChI is InChI=1S/C13H17NO2/c1-4-9(2)13(16)14-12-7-5-11(6-8-12)10(3)15/h5-9H,4H2,1-3H3,(H,14,16). The van der Waals surface area contributed by atoms with Gasteiger partial charge in [0.05, 0.1) is 0 Å². The molecule has 0 saturated carbocycles. The largest absolute Gasteiger partial charge is 0.326 e. The molecule has 0 aliphatic carbocycles. The van der Waals surface area contributed by atoms with Gasteiger partial charge in [-0.05, 0) is 37.6 Å². The highest BCUT2D eigenvalue weighted by atomic mass is 16.1. The molecule has 3 heteroatoms. The fourth-order valence-electron chi connectivity index (χ4n) is 1.24. The molecular weight excluding hydrogens is 202 g/mol. The SMILES string of the molecule is CCC(C)C(=O)Nc1ccc(C(C)=O)cc1. The van der Waals surface area contributed by atoms with E-state index in [-0.39, 0.29) is 17.6 Å². The van der Waals surface area contributed by atoms with Gasteiger partial charge in [-0.3, -0.25) is 9.59 Å². The second-order valence-electron chi connectivity index (χ2n) is 3.93. The molecule has 0 fully saturated rings. The van der Waals surface area contributed by atoms with Gasteiger partial charge in [0, 0.05) is 17.2 Å². The van der Waals surface area contributed by atoms with Crippen LogP contribution in [0.25, 0.3) is 0 Å². The summed E-state index contributed by atoms with van der Waals surface area (Å²) in [6.45, 7) is 5.38. The number of carbonyl (C=O) groups is 2. The van der Waals surface area contributed by atoms with Crippen LogP contribution in [-0.4, -0.2) is 11.7 Å². The van der Waals surface area contributed by atoms with Crippen molar-refractivity contribution in [3.8, 4) is 0 Å². The van der Waals surface area contributed by atoms with Crippen molar-refractivity contribution < 1.29 is 9.59 Å². The van der Waals surface area contributed by atoms with E-state index in [2.05, 4.69) is 5.32 Å². The van der Waals surface area contributed by atoms with E-state index in [0.717, 1.165) is 12.1 Å². The molecule has 0 heterocycles. The summed E-state index contributed by atoms with van der Waals surface area (Å²) >= 11 is 0. The van der Waals surface area contributed by atoms with E-state index < -0.39 is 0 Å². The van der Waals surface area contributed by atoms with Gasteiger partial charge < -0.3 is 5.32 Å². The predicted octanol–water partition coefficient (Wildman–Crippen LogP) is 2.87. The van der Waals surface area contributed by atoms with Crippen LogP contribution in [0.15, 0.2) is 24.3 Å². The van der Waals surface area contributed by atoms with E-state index in [0.29, 0.717) is 5.56 Å². The van der Waals surface area contributed by atoms with E-state index in [1.54, 1.807) is 24.3 Å². The molecule has 1 unspecified atom stereocenters. The van der Waals surface area contributed by atoms with Gasteiger partial charge in [0.1, 0.15) is 0 Å². The molecule has 1 N–H and O–H groups in total. The van der Waals surface area contributed by atoms with Gasteiger partial charge in [-0.2, -0.15) is 0 Å². The third-order valence-corrected chi connectivity index (χ3v) is 2.62. The van der Waals surface area contributed by atoms with Crippen LogP contribution in [0.5, 0.6) is 0 Å². The molecular formula is C13H17NO2. The quantitative estimate of drug-likeness (QED) is 0.791. The van der Waals surface area contributed by atoms with Crippen LogP contribution in [0, 0.1) is 5.92 Å². The fourth-order valence-corrected chi connectivity index (χ4v) is 1.24. The first-order valence-electron chi connectivity index (χ1n) is 5.46. The maximum atomic E-state index is 11.6. The van der Waals surface area contributed by atoms with Crippen molar-refractivity contribution >= 4 is 17.4 Å². The van der Waals surface area contributed by atoms with Crippen molar-refractivity contribution in [2.75, 3.05) is 5.32 Å². The first-order valence-corrected chi connectivity index (χ1v) is 5.46. The number of carbonyl (C=O) groups excluding carboxylic acids is 2. The lowest BCUT2D eigenvalue weighted by Crippen LogP contribution is -2.19. The zero-order valence-electron chi connectivity index (χ0n) is 9.91. The van der Waals surface area contributed by atoms with Crippen molar-refractivity contribution in [1.29, 1.82) is 0 Å². The lowest BCUT2D eigenvalue weighted by molar-refractivity contribution is -0.119. The van der Waals surface area contributed by atoms with Crippen LogP contribution >= 0.6 is 0 Å². The van der Waals surface area contributed by atoms with Gasteiger partial charge in [0.25, 0.3) is 0 Å². The zero-order chi connectivity index (χ0) is 12.1. The van der Waals surface area contributed by atoms with Gasteiger partial charge in [0.15, 0.2) is 5.78 Å². The molecule has 1 aromatic carbocycles. The summed E-state index contributed by atoms with van der Waals surface area (Å²) in [6, 6.07) is 6.93. The van der Waals surface area contributed by atoms with E-state index in [9.17, 15) is 9.59 Å². The zero-order valence-corrected chi connectivity index (χ0v) is 9.91. The highest BCUT2D eigenvalue weighted by Crippen LogP contribution is 2.12. The molecule has 3 nitrogen and oxygen atoms in total. The summed E-state index contributed by atoms with van der Waals surface area (Å²) in [4.78, 5) is 22.6. The maximum Gasteiger partial charge on any atom is 0.227 e. The number of benzene rings is 1. The Kier molecular flexibility index (Phi) is 4.23. The highest BCUT2D eigenvalue weighted by Gasteiger charge is 2.10. The van der Waals surface area contributed by atoms with Crippen molar-refractivity contribution in [2.24, 2.45) is 5.92 Å². The third kappa shape index (κ3) is 3.19. The monoisotopic (exact) mass is 219 g/mol. The molecule has 1 aromatic rings. The molecule has 86 valence electrons. The second-order valence-corrected chi connectivity index (χ2v) is 3.93. The topological polar surface area (TPSA) is 46.2 Å². The van der Waals surface area contributed by atoms with Gasteiger partial charge in [0.2, 0.25) is 5.91 Å². The molecule has 1 atom stereocenters. The van der Waals surface area contributed by atoms with Crippen LogP contribution in [0.1, 0.15) is 37.6 Å². The Morgan fingerprint density at radius 2 is 1.81 bits per heavy atom. The van der Waals surface area contributed by atoms with Gasteiger partial charge in [-0.1, -0.05) is 13.8 Å². The number of hydrogen-bond acceptors (Lipinski definition) is 2. The molecule has 0 spiro atoms. The Bertz CT molecular complexity index is 381. The van der Waals surface area contributed by atoms with Crippen LogP contribution < -0.4 is 5.32 Å². The van der Waals surface area contributed by atoms with E-state index in [1.807, 2.05) is 13.8 Å². The molecule has 0 aromatic heterocycles. The molecule has 0 saturated heterocycles. The summed E-state index contributed by atoms with van der Waals surface area (Å²) in [5.41, 5.74) is 1.39. The van der Waals surface area contributed by atoms with E-state index in [4.69, 9.17) is 0 Å². The summed E-state index contributed by atoms with van der Waals surface area (Å²) in [5.74, 6) is 0.0466. The Hall–Kier alpha value is -1.64. The maximum absolute atomic E-state index is 11.6. The van der Waals surface area contributed by atoms with Gasteiger partial charge in [-0.15, -0.1) is 0 Å². The average molecular weight is 219 g/mol. The normalized spacial score (nSPS) is 11.9. The van der Waals surface area contributed by atoms with Crippen LogP contribution in [0.3, 0.4) is 0 Å². The molecule has 0 radical (unpaired) electrons. The fraction of sp³-hybridized carbons (Fsp3) is 0.385. The molecule has 1 amide bonds. The predicted molar refractivity (Wildman–Crippen MR) is 64.5 cm³/mol. The molecule has 1 rings (SSSR count). The van der Waals surface area contributed by atoms with E-state index >= 15 is 0 Å². The van der Waals surface area contributed by atoms with Gasteiger partial charge in [-0.25, -0.2) is 0 Å². The lowest BCUT2D eigenvalue weighted by atomic mass is 10.1. The lowest BCUT2D eigenvalue weighted by Gasteiger charge is -2.09. The number of nitrogens with one attached hydrogen (secondary N) is 1. The molecule has 0 bridgehead atoms. The number of Topliss-reactive ketones (excluding diaryl/α,β-unsaturated/α-hetero) is 1. The molecule has 0 aliphatic heterocycles. The number of amides is 1. The Morgan fingerprint density at radius 3 is 2.25 bits per heavy atom. The van der Waals surface area contributed by atoms with Crippen molar-refractivity contribution in [3.05, 3.63) is 29.8 Å². The van der Waals surface area contributed by atoms with Crippen LogP contribution in [0.4, 0.5) is 5.69 Å². The number of hydrogen-bond donors (Lipinski definition) is 1. The number of ketones is 1. The van der Waals surface area contributed by atoms with Crippen LogP contribution in [0.2, 0.25) is 0 Å². The first-order chi connectivity index (χ1) is 7.54. The minimum absolute atomic E-state index is 0.00693. The smallest absolute Gasteiger partial charge is 0.227 e. The summed E-state index contributed by atoms with van der Waals surface area (Å²) in [6.07, 6.45) is 0.817. The molecule has 0 aliphatic rings. The Morgan fingerprint density at radius 1 is 1.25 bits per heavy atom. The van der Waals surface area contributed by atoms with Gasteiger partial charge >= 0.3 is 0 Å².